The van der Waals surface area contributed by atoms with E-state index in [2.05, 4.69) is 59.1 Å². The fraction of sp³-hybridized carbons (Fsp3) is 0.200. The van der Waals surface area contributed by atoms with Gasteiger partial charge in [0.1, 0.15) is 12.4 Å². The Hall–Kier alpha value is -3.04. The Kier molecular flexibility index (Phi) is 5.74. The number of aromatic nitrogens is 1. The highest BCUT2D eigenvalue weighted by Crippen LogP contribution is 2.25. The van der Waals surface area contributed by atoms with Crippen LogP contribution >= 0.6 is 0 Å². The van der Waals surface area contributed by atoms with Gasteiger partial charge < -0.3 is 14.2 Å². The lowest BCUT2D eigenvalue weighted by molar-refractivity contribution is 0.288. The van der Waals surface area contributed by atoms with Gasteiger partial charge in [-0.2, -0.15) is 0 Å². The van der Waals surface area contributed by atoms with Gasteiger partial charge in [-0.05, 0) is 41.7 Å². The summed E-state index contributed by atoms with van der Waals surface area (Å²) in [5.41, 5.74) is 6.15. The number of rotatable bonds is 8. The summed E-state index contributed by atoms with van der Waals surface area (Å²) in [7, 11) is 0. The molecule has 0 aliphatic rings. The molecule has 4 rings (SSSR count). The van der Waals surface area contributed by atoms with Crippen molar-refractivity contribution in [1.29, 1.82) is 0 Å². The van der Waals surface area contributed by atoms with E-state index in [0.29, 0.717) is 6.61 Å². The summed E-state index contributed by atoms with van der Waals surface area (Å²) in [4.78, 5) is 0. The SMILES string of the molecule is OCCCc1cc2cc(OCc3ccccc3)ccn2c1Cc1ccccc1. The fourth-order valence-electron chi connectivity index (χ4n) is 3.58. The van der Waals surface area contributed by atoms with Crippen molar-refractivity contribution in [3.8, 4) is 5.75 Å². The molecule has 28 heavy (non-hydrogen) atoms. The zero-order valence-electron chi connectivity index (χ0n) is 15.9. The molecule has 0 amide bonds. The molecule has 0 saturated carbocycles. The van der Waals surface area contributed by atoms with Crippen LogP contribution in [0.2, 0.25) is 0 Å². The van der Waals surface area contributed by atoms with Gasteiger partial charge in [0.2, 0.25) is 0 Å². The minimum atomic E-state index is 0.211. The molecular formula is C25H25NO2. The lowest BCUT2D eigenvalue weighted by Gasteiger charge is -2.09. The van der Waals surface area contributed by atoms with Crippen molar-refractivity contribution >= 4 is 5.52 Å². The van der Waals surface area contributed by atoms with E-state index in [1.165, 1.54) is 16.8 Å². The van der Waals surface area contributed by atoms with E-state index < -0.39 is 0 Å². The van der Waals surface area contributed by atoms with E-state index in [-0.39, 0.29) is 6.61 Å². The molecule has 0 atom stereocenters. The second-order valence-electron chi connectivity index (χ2n) is 7.04. The van der Waals surface area contributed by atoms with Gasteiger partial charge in [0, 0.05) is 36.5 Å². The number of hydrogen-bond acceptors (Lipinski definition) is 2. The fourth-order valence-corrected chi connectivity index (χ4v) is 3.58. The van der Waals surface area contributed by atoms with Crippen LogP contribution in [0.1, 0.15) is 28.8 Å². The van der Waals surface area contributed by atoms with Crippen LogP contribution in [0.25, 0.3) is 5.52 Å². The van der Waals surface area contributed by atoms with Crippen LogP contribution in [0.15, 0.2) is 85.1 Å². The Labute approximate surface area is 165 Å². The highest BCUT2D eigenvalue weighted by Gasteiger charge is 2.12. The molecular weight excluding hydrogens is 346 g/mol. The van der Waals surface area contributed by atoms with Crippen LogP contribution in [0.4, 0.5) is 0 Å². The average Bonchev–Trinajstić information content (AvgIpc) is 3.09. The molecule has 3 heteroatoms. The molecule has 1 N–H and O–H groups in total. The molecule has 0 bridgehead atoms. The predicted octanol–water partition coefficient (Wildman–Crippen LogP) is 5.03. The molecule has 2 heterocycles. The third-order valence-electron chi connectivity index (χ3n) is 5.01. The molecule has 3 nitrogen and oxygen atoms in total. The van der Waals surface area contributed by atoms with Crippen LogP contribution in [0.5, 0.6) is 5.75 Å². The number of fused-ring (bicyclic) bond motifs is 1. The number of aliphatic hydroxyl groups is 1. The van der Waals surface area contributed by atoms with Gasteiger partial charge in [0.15, 0.2) is 0 Å². The molecule has 0 unspecified atom stereocenters. The van der Waals surface area contributed by atoms with Crippen molar-refractivity contribution in [2.75, 3.05) is 6.61 Å². The van der Waals surface area contributed by atoms with E-state index in [4.69, 9.17) is 4.74 Å². The first-order chi connectivity index (χ1) is 13.8. The standard InChI is InChI=1S/C25H25NO2/c27-15-7-12-22-17-23-18-24(28-19-21-10-5-2-6-11-21)13-14-26(23)25(22)16-20-8-3-1-4-9-20/h1-6,8-11,13-14,17-18,27H,7,12,15-16,19H2. The third-order valence-corrected chi connectivity index (χ3v) is 5.01. The maximum Gasteiger partial charge on any atom is 0.123 e. The monoisotopic (exact) mass is 371 g/mol. The summed E-state index contributed by atoms with van der Waals surface area (Å²) in [6.07, 6.45) is 4.62. The molecule has 0 radical (unpaired) electrons. The quantitative estimate of drug-likeness (QED) is 0.471. The third kappa shape index (κ3) is 4.26. The van der Waals surface area contributed by atoms with Crippen molar-refractivity contribution in [2.24, 2.45) is 0 Å². The van der Waals surface area contributed by atoms with E-state index in [1.807, 2.05) is 30.3 Å². The Morgan fingerprint density at radius 2 is 1.54 bits per heavy atom. The first kappa shape index (κ1) is 18.3. The smallest absolute Gasteiger partial charge is 0.123 e. The summed E-state index contributed by atoms with van der Waals surface area (Å²) in [5, 5.41) is 9.28. The molecule has 2 aromatic heterocycles. The second-order valence-corrected chi connectivity index (χ2v) is 7.04. The van der Waals surface area contributed by atoms with Gasteiger partial charge in [0.25, 0.3) is 0 Å². The minimum Gasteiger partial charge on any atom is -0.489 e. The minimum absolute atomic E-state index is 0.211. The van der Waals surface area contributed by atoms with E-state index in [1.54, 1.807) is 0 Å². The van der Waals surface area contributed by atoms with E-state index in [9.17, 15) is 5.11 Å². The van der Waals surface area contributed by atoms with E-state index in [0.717, 1.165) is 36.1 Å². The van der Waals surface area contributed by atoms with Gasteiger partial charge in [-0.3, -0.25) is 0 Å². The van der Waals surface area contributed by atoms with Crippen molar-refractivity contribution < 1.29 is 9.84 Å². The highest BCUT2D eigenvalue weighted by atomic mass is 16.5. The molecule has 0 saturated heterocycles. The van der Waals surface area contributed by atoms with Crippen molar-refractivity contribution in [3.05, 3.63) is 107 Å². The summed E-state index contributed by atoms with van der Waals surface area (Å²) < 4.78 is 8.24. The second kappa shape index (κ2) is 8.77. The molecule has 0 spiro atoms. The van der Waals surface area contributed by atoms with Crippen molar-refractivity contribution in [1.82, 2.24) is 4.40 Å². The summed E-state index contributed by atoms with van der Waals surface area (Å²) in [5.74, 6) is 0.869. The Balaban J connectivity index is 1.61. The molecule has 4 aromatic rings. The van der Waals surface area contributed by atoms with Crippen LogP contribution in [-0.2, 0) is 19.4 Å². The summed E-state index contributed by atoms with van der Waals surface area (Å²) >= 11 is 0. The predicted molar refractivity (Wildman–Crippen MR) is 113 cm³/mol. The van der Waals surface area contributed by atoms with E-state index >= 15 is 0 Å². The number of ether oxygens (including phenoxy) is 1. The number of nitrogens with zero attached hydrogens (tertiary/aromatic N) is 1. The Morgan fingerprint density at radius 3 is 2.25 bits per heavy atom. The van der Waals surface area contributed by atoms with Crippen LogP contribution in [0, 0.1) is 0 Å². The normalized spacial score (nSPS) is 11.0. The number of hydrogen-bond donors (Lipinski definition) is 1. The molecule has 0 aliphatic carbocycles. The number of benzene rings is 2. The first-order valence-electron chi connectivity index (χ1n) is 9.78. The first-order valence-corrected chi connectivity index (χ1v) is 9.78. The zero-order chi connectivity index (χ0) is 19.2. The Bertz CT molecular complexity index is 1020. The lowest BCUT2D eigenvalue weighted by Crippen LogP contribution is -2.00. The van der Waals surface area contributed by atoms with Crippen LogP contribution < -0.4 is 4.74 Å². The van der Waals surface area contributed by atoms with Gasteiger partial charge in [0.05, 0.1) is 0 Å². The molecule has 0 aliphatic heterocycles. The van der Waals surface area contributed by atoms with Crippen molar-refractivity contribution in [3.63, 3.8) is 0 Å². The average molecular weight is 371 g/mol. The summed E-state index contributed by atoms with van der Waals surface area (Å²) in [6, 6.07) is 27.1. The number of aliphatic hydroxyl groups excluding tert-OH is 1. The maximum absolute atomic E-state index is 9.28. The van der Waals surface area contributed by atoms with Gasteiger partial charge in [-0.25, -0.2) is 0 Å². The maximum atomic E-state index is 9.28. The largest absolute Gasteiger partial charge is 0.489 e. The van der Waals surface area contributed by atoms with Gasteiger partial charge in [-0.15, -0.1) is 0 Å². The molecule has 2 aromatic carbocycles. The number of pyridine rings is 1. The Morgan fingerprint density at radius 1 is 0.821 bits per heavy atom. The van der Waals surface area contributed by atoms with Gasteiger partial charge in [-0.1, -0.05) is 60.7 Å². The molecule has 142 valence electrons. The zero-order valence-corrected chi connectivity index (χ0v) is 15.9. The topological polar surface area (TPSA) is 33.9 Å². The van der Waals surface area contributed by atoms with Crippen LogP contribution in [-0.4, -0.2) is 16.1 Å². The molecule has 0 fully saturated rings. The highest BCUT2D eigenvalue weighted by molar-refractivity contribution is 5.57. The van der Waals surface area contributed by atoms with Gasteiger partial charge >= 0.3 is 0 Å². The number of aryl methyl sites for hydroxylation is 1. The lowest BCUT2D eigenvalue weighted by atomic mass is 10.0. The summed E-state index contributed by atoms with van der Waals surface area (Å²) in [6.45, 7) is 0.772. The van der Waals surface area contributed by atoms with Crippen LogP contribution in [0.3, 0.4) is 0 Å². The van der Waals surface area contributed by atoms with Crippen molar-refractivity contribution in [2.45, 2.75) is 25.9 Å².